The van der Waals surface area contributed by atoms with Crippen LogP contribution < -0.4 is 10.1 Å². The highest BCUT2D eigenvalue weighted by molar-refractivity contribution is 6.06. The van der Waals surface area contributed by atoms with Gasteiger partial charge in [0, 0.05) is 26.1 Å². The number of ether oxygens (including phenoxy) is 1. The Morgan fingerprint density at radius 1 is 1.16 bits per heavy atom. The van der Waals surface area contributed by atoms with E-state index in [0.717, 1.165) is 44.5 Å². The second-order valence-electron chi connectivity index (χ2n) is 9.06. The van der Waals surface area contributed by atoms with Crippen LogP contribution in [-0.4, -0.2) is 59.4 Å². The van der Waals surface area contributed by atoms with E-state index in [9.17, 15) is 14.4 Å². The van der Waals surface area contributed by atoms with Crippen molar-refractivity contribution in [1.29, 1.82) is 0 Å². The van der Waals surface area contributed by atoms with Crippen LogP contribution in [0.5, 0.6) is 5.75 Å². The molecule has 1 aromatic carbocycles. The zero-order valence-electron chi connectivity index (χ0n) is 19.0. The minimum Gasteiger partial charge on any atom is -0.494 e. The second-order valence-corrected chi connectivity index (χ2v) is 9.06. The molecule has 0 bridgehead atoms. The molecule has 7 nitrogen and oxygen atoms in total. The van der Waals surface area contributed by atoms with Gasteiger partial charge in [-0.05, 0) is 76.5 Å². The Bertz CT molecular complexity index is 783. The average Bonchev–Trinajstić information content (AvgIpc) is 2.95. The first-order valence-electron chi connectivity index (χ1n) is 11.4. The first-order chi connectivity index (χ1) is 14.8. The Balaban J connectivity index is 1.34. The van der Waals surface area contributed by atoms with Crippen LogP contribution in [0.2, 0.25) is 0 Å². The van der Waals surface area contributed by atoms with Gasteiger partial charge in [-0.25, -0.2) is 4.79 Å². The Labute approximate surface area is 185 Å². The number of aryl methyl sites for hydroxylation is 1. The van der Waals surface area contributed by atoms with Gasteiger partial charge in [0.2, 0.25) is 5.91 Å². The Morgan fingerprint density at radius 3 is 2.42 bits per heavy atom. The van der Waals surface area contributed by atoms with Crippen molar-refractivity contribution in [3.05, 3.63) is 29.8 Å². The van der Waals surface area contributed by atoms with Gasteiger partial charge >= 0.3 is 6.03 Å². The zero-order chi connectivity index (χ0) is 22.4. The van der Waals surface area contributed by atoms with Gasteiger partial charge in [0.1, 0.15) is 11.3 Å². The van der Waals surface area contributed by atoms with E-state index in [0.29, 0.717) is 31.9 Å². The molecule has 170 valence electrons. The van der Waals surface area contributed by atoms with Gasteiger partial charge in [-0.3, -0.25) is 14.5 Å². The van der Waals surface area contributed by atoms with E-state index < -0.39 is 5.54 Å². The third-order valence-corrected chi connectivity index (χ3v) is 6.26. The molecule has 4 amide bonds. The first-order valence-corrected chi connectivity index (χ1v) is 11.4. The van der Waals surface area contributed by atoms with Crippen molar-refractivity contribution < 1.29 is 19.1 Å². The summed E-state index contributed by atoms with van der Waals surface area (Å²) in [4.78, 5) is 39.8. The SMILES string of the molecule is CCOc1ccc(CCC2CCN(C(=O)CCCN3C(=O)NC(C)(C)C3=O)CC2)cc1. The lowest BCUT2D eigenvalue weighted by Crippen LogP contribution is -2.40. The van der Waals surface area contributed by atoms with E-state index in [1.807, 2.05) is 24.0 Å². The molecule has 0 saturated carbocycles. The summed E-state index contributed by atoms with van der Waals surface area (Å²) in [6, 6.07) is 7.96. The number of nitrogens with zero attached hydrogens (tertiary/aromatic N) is 2. The summed E-state index contributed by atoms with van der Waals surface area (Å²) >= 11 is 0. The van der Waals surface area contributed by atoms with E-state index in [4.69, 9.17) is 4.74 Å². The van der Waals surface area contributed by atoms with E-state index in [1.54, 1.807) is 13.8 Å². The smallest absolute Gasteiger partial charge is 0.325 e. The van der Waals surface area contributed by atoms with Crippen LogP contribution in [0.25, 0.3) is 0 Å². The minimum atomic E-state index is -0.853. The molecule has 1 N–H and O–H groups in total. The summed E-state index contributed by atoms with van der Waals surface area (Å²) in [5, 5.41) is 2.67. The molecular weight excluding hydrogens is 394 g/mol. The molecule has 2 aliphatic heterocycles. The number of urea groups is 1. The van der Waals surface area contributed by atoms with E-state index in [-0.39, 0.29) is 17.8 Å². The lowest BCUT2D eigenvalue weighted by molar-refractivity contribution is -0.134. The fourth-order valence-corrected chi connectivity index (χ4v) is 4.33. The van der Waals surface area contributed by atoms with Gasteiger partial charge in [0.15, 0.2) is 0 Å². The predicted octanol–water partition coefficient (Wildman–Crippen LogP) is 3.37. The van der Waals surface area contributed by atoms with Crippen molar-refractivity contribution in [3.8, 4) is 5.75 Å². The molecule has 0 aromatic heterocycles. The maximum Gasteiger partial charge on any atom is 0.325 e. The van der Waals surface area contributed by atoms with Crippen LogP contribution >= 0.6 is 0 Å². The van der Waals surface area contributed by atoms with Gasteiger partial charge in [-0.15, -0.1) is 0 Å². The molecular formula is C24H35N3O4. The Morgan fingerprint density at radius 2 is 1.84 bits per heavy atom. The third-order valence-electron chi connectivity index (χ3n) is 6.26. The minimum absolute atomic E-state index is 0.122. The number of amides is 4. The quantitative estimate of drug-likeness (QED) is 0.611. The maximum atomic E-state index is 12.5. The van der Waals surface area contributed by atoms with Crippen LogP contribution in [0.15, 0.2) is 24.3 Å². The van der Waals surface area contributed by atoms with E-state index in [1.165, 1.54) is 10.5 Å². The molecule has 0 atom stereocenters. The van der Waals surface area contributed by atoms with Crippen molar-refractivity contribution in [1.82, 2.24) is 15.1 Å². The normalized spacial score (nSPS) is 18.9. The number of likely N-dealkylation sites (tertiary alicyclic amines) is 1. The molecule has 2 fully saturated rings. The van der Waals surface area contributed by atoms with Crippen LogP contribution in [-0.2, 0) is 16.0 Å². The van der Waals surface area contributed by atoms with Gasteiger partial charge in [-0.2, -0.15) is 0 Å². The molecule has 0 aliphatic carbocycles. The molecule has 0 unspecified atom stereocenters. The molecule has 0 radical (unpaired) electrons. The zero-order valence-corrected chi connectivity index (χ0v) is 19.0. The van der Waals surface area contributed by atoms with Gasteiger partial charge in [0.25, 0.3) is 5.91 Å². The summed E-state index contributed by atoms with van der Waals surface area (Å²) < 4.78 is 5.49. The number of carbonyl (C=O) groups excluding carboxylic acids is 3. The summed E-state index contributed by atoms with van der Waals surface area (Å²) in [6.45, 7) is 7.93. The van der Waals surface area contributed by atoms with Crippen LogP contribution in [0.4, 0.5) is 4.79 Å². The lowest BCUT2D eigenvalue weighted by Gasteiger charge is -2.32. The summed E-state index contributed by atoms with van der Waals surface area (Å²) in [5.74, 6) is 1.45. The maximum absolute atomic E-state index is 12.5. The largest absolute Gasteiger partial charge is 0.494 e. The van der Waals surface area contributed by atoms with Crippen molar-refractivity contribution >= 4 is 17.8 Å². The highest BCUT2D eigenvalue weighted by Gasteiger charge is 2.43. The number of imide groups is 1. The molecule has 2 saturated heterocycles. The van der Waals surface area contributed by atoms with Crippen molar-refractivity contribution in [2.75, 3.05) is 26.2 Å². The third kappa shape index (κ3) is 5.99. The van der Waals surface area contributed by atoms with Crippen molar-refractivity contribution in [2.24, 2.45) is 5.92 Å². The predicted molar refractivity (Wildman–Crippen MR) is 119 cm³/mol. The van der Waals surface area contributed by atoms with Crippen LogP contribution in [0.1, 0.15) is 58.4 Å². The Kier molecular flexibility index (Phi) is 7.57. The standard InChI is InChI=1S/C24H35N3O4/c1-4-31-20-11-9-18(10-12-20)7-8-19-13-16-26(17-14-19)21(28)6-5-15-27-22(29)24(2,3)25-23(27)30/h9-12,19H,4-8,13-17H2,1-3H3,(H,25,30). The topological polar surface area (TPSA) is 79.0 Å². The van der Waals surface area contributed by atoms with Crippen LogP contribution in [0, 0.1) is 5.92 Å². The fourth-order valence-electron chi connectivity index (χ4n) is 4.33. The van der Waals surface area contributed by atoms with E-state index >= 15 is 0 Å². The number of benzene rings is 1. The van der Waals surface area contributed by atoms with Crippen LogP contribution in [0.3, 0.4) is 0 Å². The molecule has 2 aliphatic rings. The summed E-state index contributed by atoms with van der Waals surface area (Å²) in [5.41, 5.74) is 0.472. The monoisotopic (exact) mass is 429 g/mol. The summed E-state index contributed by atoms with van der Waals surface area (Å²) in [7, 11) is 0. The van der Waals surface area contributed by atoms with Gasteiger partial charge < -0.3 is 15.0 Å². The number of rotatable bonds is 9. The first kappa shape index (κ1) is 23.1. The number of hydrogen-bond acceptors (Lipinski definition) is 4. The summed E-state index contributed by atoms with van der Waals surface area (Å²) in [6.07, 6.45) is 5.12. The van der Waals surface area contributed by atoms with Gasteiger partial charge in [-0.1, -0.05) is 12.1 Å². The van der Waals surface area contributed by atoms with Crippen molar-refractivity contribution in [3.63, 3.8) is 0 Å². The number of hydrogen-bond donors (Lipinski definition) is 1. The van der Waals surface area contributed by atoms with E-state index in [2.05, 4.69) is 17.4 Å². The number of nitrogens with one attached hydrogen (secondary N) is 1. The number of piperidine rings is 1. The molecule has 31 heavy (non-hydrogen) atoms. The highest BCUT2D eigenvalue weighted by Crippen LogP contribution is 2.24. The fraction of sp³-hybridized carbons (Fsp3) is 0.625. The highest BCUT2D eigenvalue weighted by atomic mass is 16.5. The van der Waals surface area contributed by atoms with Crippen molar-refractivity contribution in [2.45, 2.75) is 64.8 Å². The second kappa shape index (κ2) is 10.2. The van der Waals surface area contributed by atoms with Gasteiger partial charge in [0.05, 0.1) is 6.61 Å². The molecule has 2 heterocycles. The molecule has 3 rings (SSSR count). The lowest BCUT2D eigenvalue weighted by atomic mass is 9.90. The Hall–Kier alpha value is -2.57. The molecule has 1 aromatic rings. The molecule has 7 heteroatoms. The number of carbonyl (C=O) groups is 3. The average molecular weight is 430 g/mol. The molecule has 0 spiro atoms.